The van der Waals surface area contributed by atoms with Gasteiger partial charge in [0.05, 0.1) is 17.9 Å². The highest BCUT2D eigenvalue weighted by atomic mass is 15.3. The van der Waals surface area contributed by atoms with Crippen LogP contribution in [-0.2, 0) is 0 Å². The van der Waals surface area contributed by atoms with Crippen LogP contribution >= 0.6 is 0 Å². The minimum Gasteiger partial charge on any atom is -0.308 e. The molecule has 4 heteroatoms. The highest BCUT2D eigenvalue weighted by molar-refractivity contribution is 5.28. The first-order valence-electron chi connectivity index (χ1n) is 7.04. The summed E-state index contributed by atoms with van der Waals surface area (Å²) in [5.74, 6) is 1.30. The molecule has 1 saturated carbocycles. The Balaban J connectivity index is 1.72. The molecule has 1 heterocycles. The summed E-state index contributed by atoms with van der Waals surface area (Å²) >= 11 is 0. The Bertz CT molecular complexity index is 494. The van der Waals surface area contributed by atoms with Gasteiger partial charge in [-0.05, 0) is 36.8 Å². The van der Waals surface area contributed by atoms with Crippen molar-refractivity contribution < 1.29 is 0 Å². The minimum atomic E-state index is 0.323. The Morgan fingerprint density at radius 1 is 1.37 bits per heavy atom. The van der Waals surface area contributed by atoms with E-state index >= 15 is 0 Å². The van der Waals surface area contributed by atoms with Crippen LogP contribution in [0.3, 0.4) is 0 Å². The molecule has 4 nitrogen and oxygen atoms in total. The van der Waals surface area contributed by atoms with Gasteiger partial charge in [0.25, 0.3) is 0 Å². The molecule has 3 rings (SSSR count). The van der Waals surface area contributed by atoms with Crippen molar-refractivity contribution in [3.05, 3.63) is 47.8 Å². The third-order valence-electron chi connectivity index (χ3n) is 3.86. The summed E-state index contributed by atoms with van der Waals surface area (Å²) in [6.07, 6.45) is 4.21. The predicted octanol–water partition coefficient (Wildman–Crippen LogP) is 2.65. The fraction of sp³-hybridized carbons (Fsp3) is 0.467. The largest absolute Gasteiger partial charge is 0.308 e. The Morgan fingerprint density at radius 3 is 2.89 bits per heavy atom. The van der Waals surface area contributed by atoms with Crippen molar-refractivity contribution >= 4 is 0 Å². The lowest BCUT2D eigenvalue weighted by atomic mass is 10.0. The number of aromatic amines is 1. The molecule has 2 aromatic rings. The van der Waals surface area contributed by atoms with Crippen molar-refractivity contribution in [2.45, 2.75) is 31.7 Å². The number of aromatic nitrogens is 3. The summed E-state index contributed by atoms with van der Waals surface area (Å²) in [6.45, 7) is 3.21. The number of nitrogens with one attached hydrogen (secondary N) is 2. The molecule has 3 atom stereocenters. The van der Waals surface area contributed by atoms with E-state index in [-0.39, 0.29) is 0 Å². The third-order valence-corrected chi connectivity index (χ3v) is 3.86. The average molecular weight is 256 g/mol. The summed E-state index contributed by atoms with van der Waals surface area (Å²) in [7, 11) is 0. The Labute approximate surface area is 113 Å². The second-order valence-corrected chi connectivity index (χ2v) is 5.24. The van der Waals surface area contributed by atoms with Crippen molar-refractivity contribution in [2.24, 2.45) is 5.92 Å². The molecule has 2 N–H and O–H groups in total. The summed E-state index contributed by atoms with van der Waals surface area (Å²) in [5.41, 5.74) is 2.48. The van der Waals surface area contributed by atoms with Gasteiger partial charge in [-0.15, -0.1) is 0 Å². The number of rotatable bonds is 6. The normalized spacial score (nSPS) is 23.2. The van der Waals surface area contributed by atoms with Gasteiger partial charge in [0, 0.05) is 0 Å². The zero-order chi connectivity index (χ0) is 13.1. The Kier molecular flexibility index (Phi) is 3.60. The maximum atomic E-state index is 4.26. The van der Waals surface area contributed by atoms with E-state index in [2.05, 4.69) is 58.0 Å². The van der Waals surface area contributed by atoms with Gasteiger partial charge < -0.3 is 5.32 Å². The molecular weight excluding hydrogens is 236 g/mol. The summed E-state index contributed by atoms with van der Waals surface area (Å²) in [6, 6.07) is 11.1. The van der Waals surface area contributed by atoms with Gasteiger partial charge in [-0.1, -0.05) is 37.3 Å². The molecule has 1 aliphatic carbocycles. The van der Waals surface area contributed by atoms with Crippen molar-refractivity contribution in [2.75, 3.05) is 6.54 Å². The quantitative estimate of drug-likeness (QED) is 0.835. The highest BCUT2D eigenvalue weighted by Crippen LogP contribution is 2.53. The molecular formula is C15H20N4. The van der Waals surface area contributed by atoms with Crippen LogP contribution in [0.15, 0.2) is 36.5 Å². The van der Waals surface area contributed by atoms with Gasteiger partial charge in [-0.25, -0.2) is 0 Å². The van der Waals surface area contributed by atoms with Crippen LogP contribution in [0.1, 0.15) is 43.0 Å². The molecule has 100 valence electrons. The topological polar surface area (TPSA) is 53.6 Å². The van der Waals surface area contributed by atoms with Gasteiger partial charge in [0.1, 0.15) is 0 Å². The minimum absolute atomic E-state index is 0.323. The third kappa shape index (κ3) is 2.68. The first-order chi connectivity index (χ1) is 9.40. The maximum Gasteiger partial charge on any atom is 0.0996 e. The van der Waals surface area contributed by atoms with Crippen LogP contribution in [0.2, 0.25) is 0 Å². The molecule has 0 amide bonds. The molecule has 3 unspecified atom stereocenters. The van der Waals surface area contributed by atoms with Gasteiger partial charge in [0.15, 0.2) is 0 Å². The fourth-order valence-corrected chi connectivity index (χ4v) is 2.80. The lowest BCUT2D eigenvalue weighted by Crippen LogP contribution is -2.24. The van der Waals surface area contributed by atoms with Crippen LogP contribution in [0, 0.1) is 5.92 Å². The van der Waals surface area contributed by atoms with E-state index in [9.17, 15) is 0 Å². The van der Waals surface area contributed by atoms with E-state index < -0.39 is 0 Å². The smallest absolute Gasteiger partial charge is 0.0996 e. The Hall–Kier alpha value is -1.68. The van der Waals surface area contributed by atoms with E-state index in [1.165, 1.54) is 12.0 Å². The lowest BCUT2D eigenvalue weighted by molar-refractivity contribution is 0.462. The monoisotopic (exact) mass is 256 g/mol. The van der Waals surface area contributed by atoms with Gasteiger partial charge in [-0.3, -0.25) is 0 Å². The second-order valence-electron chi connectivity index (χ2n) is 5.24. The summed E-state index contributed by atoms with van der Waals surface area (Å²) in [4.78, 5) is 0. The van der Waals surface area contributed by atoms with E-state index in [4.69, 9.17) is 0 Å². The SMILES string of the molecule is CCCNC(c1cn[nH]n1)C1CC1c1ccccc1. The first kappa shape index (κ1) is 12.4. The lowest BCUT2D eigenvalue weighted by Gasteiger charge is -2.16. The van der Waals surface area contributed by atoms with Crippen LogP contribution in [0.25, 0.3) is 0 Å². The summed E-state index contributed by atoms with van der Waals surface area (Å²) < 4.78 is 0. The van der Waals surface area contributed by atoms with Crippen molar-refractivity contribution in [1.82, 2.24) is 20.7 Å². The molecule has 1 fully saturated rings. The number of nitrogens with zero attached hydrogens (tertiary/aromatic N) is 2. The molecule has 0 saturated heterocycles. The van der Waals surface area contributed by atoms with Crippen molar-refractivity contribution in [3.63, 3.8) is 0 Å². The van der Waals surface area contributed by atoms with E-state index in [1.54, 1.807) is 0 Å². The summed E-state index contributed by atoms with van der Waals surface area (Å²) in [5, 5.41) is 14.5. The second kappa shape index (κ2) is 5.53. The molecule has 1 aliphatic rings. The molecule has 1 aromatic heterocycles. The Morgan fingerprint density at radius 2 is 2.21 bits per heavy atom. The van der Waals surface area contributed by atoms with Crippen LogP contribution in [-0.4, -0.2) is 22.0 Å². The van der Waals surface area contributed by atoms with E-state index in [1.807, 2.05) is 6.20 Å². The van der Waals surface area contributed by atoms with Crippen molar-refractivity contribution in [1.29, 1.82) is 0 Å². The number of hydrogen-bond donors (Lipinski definition) is 2. The number of H-pyrrole nitrogens is 1. The van der Waals surface area contributed by atoms with Gasteiger partial charge >= 0.3 is 0 Å². The number of hydrogen-bond acceptors (Lipinski definition) is 3. The zero-order valence-electron chi connectivity index (χ0n) is 11.2. The van der Waals surface area contributed by atoms with E-state index in [0.717, 1.165) is 18.7 Å². The highest BCUT2D eigenvalue weighted by Gasteiger charge is 2.44. The predicted molar refractivity (Wildman–Crippen MR) is 74.7 cm³/mol. The van der Waals surface area contributed by atoms with Crippen LogP contribution in [0.4, 0.5) is 0 Å². The standard InChI is InChI=1S/C15H20N4/c1-2-8-16-15(14-10-17-19-18-14)13-9-12(13)11-6-4-3-5-7-11/h3-7,10,12-13,15-16H,2,8-9H2,1H3,(H,17,18,19). The molecule has 0 radical (unpaired) electrons. The average Bonchev–Trinajstić information content (AvgIpc) is 3.05. The zero-order valence-corrected chi connectivity index (χ0v) is 11.2. The fourth-order valence-electron chi connectivity index (χ4n) is 2.80. The molecule has 0 bridgehead atoms. The van der Waals surface area contributed by atoms with E-state index in [0.29, 0.717) is 17.9 Å². The molecule has 0 spiro atoms. The molecule has 19 heavy (non-hydrogen) atoms. The van der Waals surface area contributed by atoms with Gasteiger partial charge in [-0.2, -0.15) is 15.4 Å². The first-order valence-corrected chi connectivity index (χ1v) is 7.04. The van der Waals surface area contributed by atoms with Crippen molar-refractivity contribution in [3.8, 4) is 0 Å². The van der Waals surface area contributed by atoms with Crippen LogP contribution < -0.4 is 5.32 Å². The van der Waals surface area contributed by atoms with Gasteiger partial charge in [0.2, 0.25) is 0 Å². The molecule has 1 aromatic carbocycles. The maximum absolute atomic E-state index is 4.26. The van der Waals surface area contributed by atoms with Crippen LogP contribution in [0.5, 0.6) is 0 Å². The molecule has 0 aliphatic heterocycles. The number of benzene rings is 1.